The first-order valence-electron chi connectivity index (χ1n) is 6.10. The molecule has 0 aliphatic rings. The van der Waals surface area contributed by atoms with Gasteiger partial charge in [-0.05, 0) is 31.9 Å². The number of benzene rings is 1. The van der Waals surface area contributed by atoms with Gasteiger partial charge in [0.15, 0.2) is 0 Å². The largest absolute Gasteiger partial charge is 0.493 e. The van der Waals surface area contributed by atoms with Gasteiger partial charge in [-0.2, -0.15) is 0 Å². The Kier molecular flexibility index (Phi) is 5.99. The van der Waals surface area contributed by atoms with Crippen LogP contribution in [0.4, 0.5) is 0 Å². The fourth-order valence-corrected chi connectivity index (χ4v) is 1.78. The van der Waals surface area contributed by atoms with E-state index in [2.05, 4.69) is 0 Å². The molecule has 0 aromatic heterocycles. The lowest BCUT2D eigenvalue weighted by Crippen LogP contribution is -2.33. The molecule has 18 heavy (non-hydrogen) atoms. The van der Waals surface area contributed by atoms with E-state index in [-0.39, 0.29) is 5.91 Å². The van der Waals surface area contributed by atoms with Crippen molar-refractivity contribution in [2.75, 3.05) is 20.2 Å². The molecule has 1 atom stereocenters. The van der Waals surface area contributed by atoms with E-state index in [4.69, 9.17) is 16.3 Å². The third-order valence-electron chi connectivity index (χ3n) is 2.71. The van der Waals surface area contributed by atoms with Gasteiger partial charge in [-0.15, -0.1) is 11.6 Å². The molecular weight excluding hydrogens is 250 g/mol. The van der Waals surface area contributed by atoms with Crippen molar-refractivity contribution in [1.29, 1.82) is 0 Å². The Morgan fingerprint density at radius 3 is 2.72 bits per heavy atom. The zero-order valence-electron chi connectivity index (χ0n) is 11.1. The van der Waals surface area contributed by atoms with Gasteiger partial charge in [0.1, 0.15) is 11.1 Å². The van der Waals surface area contributed by atoms with Crippen LogP contribution in [0.5, 0.6) is 5.75 Å². The van der Waals surface area contributed by atoms with E-state index in [1.165, 1.54) is 0 Å². The van der Waals surface area contributed by atoms with Gasteiger partial charge in [0.2, 0.25) is 5.91 Å². The number of para-hydroxylation sites is 1. The highest BCUT2D eigenvalue weighted by molar-refractivity contribution is 6.30. The van der Waals surface area contributed by atoms with Gasteiger partial charge in [0, 0.05) is 13.6 Å². The molecule has 0 heterocycles. The molecule has 0 radical (unpaired) electrons. The average Bonchev–Trinajstić information content (AvgIpc) is 2.35. The zero-order chi connectivity index (χ0) is 13.5. The molecule has 100 valence electrons. The molecule has 0 saturated carbocycles. The molecule has 0 saturated heterocycles. The highest BCUT2D eigenvalue weighted by Gasteiger charge is 2.13. The minimum atomic E-state index is -0.465. The van der Waals surface area contributed by atoms with Crippen LogP contribution >= 0.6 is 11.6 Å². The van der Waals surface area contributed by atoms with Gasteiger partial charge in [0.05, 0.1) is 6.61 Å². The highest BCUT2D eigenvalue weighted by Crippen LogP contribution is 2.16. The number of aryl methyl sites for hydroxylation is 1. The van der Waals surface area contributed by atoms with Crippen LogP contribution in [0.1, 0.15) is 18.9 Å². The van der Waals surface area contributed by atoms with E-state index in [1.54, 1.807) is 18.9 Å². The van der Waals surface area contributed by atoms with Crippen LogP contribution in [-0.4, -0.2) is 36.4 Å². The van der Waals surface area contributed by atoms with Crippen molar-refractivity contribution < 1.29 is 9.53 Å². The molecule has 0 bridgehead atoms. The van der Waals surface area contributed by atoms with Crippen LogP contribution in [0, 0.1) is 6.92 Å². The number of carbonyl (C=O) groups excluding carboxylic acids is 1. The van der Waals surface area contributed by atoms with Gasteiger partial charge in [-0.1, -0.05) is 18.2 Å². The monoisotopic (exact) mass is 269 g/mol. The van der Waals surface area contributed by atoms with Crippen molar-refractivity contribution >= 4 is 17.5 Å². The second kappa shape index (κ2) is 7.27. The Bertz CT molecular complexity index is 393. The summed E-state index contributed by atoms with van der Waals surface area (Å²) in [6.07, 6.45) is 0.792. The quantitative estimate of drug-likeness (QED) is 0.587. The van der Waals surface area contributed by atoms with Crippen LogP contribution in [0.25, 0.3) is 0 Å². The molecule has 0 aliphatic carbocycles. The Morgan fingerprint density at radius 1 is 1.44 bits per heavy atom. The summed E-state index contributed by atoms with van der Waals surface area (Å²) in [4.78, 5) is 13.2. The normalized spacial score (nSPS) is 12.0. The summed E-state index contributed by atoms with van der Waals surface area (Å²) in [6, 6.07) is 7.90. The van der Waals surface area contributed by atoms with Crippen molar-refractivity contribution in [3.8, 4) is 5.75 Å². The molecule has 3 nitrogen and oxygen atoms in total. The predicted molar refractivity (Wildman–Crippen MR) is 74.2 cm³/mol. The number of halogens is 1. The first-order valence-corrected chi connectivity index (χ1v) is 6.53. The number of amides is 1. The van der Waals surface area contributed by atoms with Gasteiger partial charge in [-0.25, -0.2) is 0 Å². The molecule has 1 aromatic carbocycles. The summed E-state index contributed by atoms with van der Waals surface area (Å²) in [5, 5.41) is -0.465. The topological polar surface area (TPSA) is 29.5 Å². The molecular formula is C14H20ClNO2. The number of carbonyl (C=O) groups is 1. The van der Waals surface area contributed by atoms with Gasteiger partial charge in [-0.3, -0.25) is 4.79 Å². The number of ether oxygens (including phenoxy) is 1. The standard InChI is InChI=1S/C14H20ClNO2/c1-11-7-4-5-8-13(11)18-10-6-9-16(3)14(17)12(2)15/h4-5,7-8,12H,6,9-10H2,1-3H3. The van der Waals surface area contributed by atoms with E-state index < -0.39 is 5.38 Å². The third-order valence-corrected chi connectivity index (χ3v) is 2.89. The van der Waals surface area contributed by atoms with Gasteiger partial charge >= 0.3 is 0 Å². The summed E-state index contributed by atoms with van der Waals surface area (Å²) >= 11 is 5.73. The SMILES string of the molecule is Cc1ccccc1OCCCN(C)C(=O)C(C)Cl. The zero-order valence-corrected chi connectivity index (χ0v) is 11.9. The Labute approximate surface area is 114 Å². The van der Waals surface area contributed by atoms with Gasteiger partial charge in [0.25, 0.3) is 0 Å². The second-order valence-corrected chi connectivity index (χ2v) is 5.00. The molecule has 1 rings (SSSR count). The maximum absolute atomic E-state index is 11.5. The molecule has 0 spiro atoms. The average molecular weight is 270 g/mol. The third kappa shape index (κ3) is 4.57. The first-order chi connectivity index (χ1) is 8.52. The van der Waals surface area contributed by atoms with Crippen molar-refractivity contribution in [1.82, 2.24) is 4.90 Å². The van der Waals surface area contributed by atoms with Crippen LogP contribution in [0.2, 0.25) is 0 Å². The Morgan fingerprint density at radius 2 is 2.11 bits per heavy atom. The van der Waals surface area contributed by atoms with E-state index >= 15 is 0 Å². The Balaban J connectivity index is 2.27. The van der Waals surface area contributed by atoms with Crippen molar-refractivity contribution in [3.05, 3.63) is 29.8 Å². The number of hydrogen-bond acceptors (Lipinski definition) is 2. The lowest BCUT2D eigenvalue weighted by molar-refractivity contribution is -0.129. The summed E-state index contributed by atoms with van der Waals surface area (Å²) in [7, 11) is 1.76. The molecule has 0 aliphatic heterocycles. The van der Waals surface area contributed by atoms with E-state index in [9.17, 15) is 4.79 Å². The minimum Gasteiger partial charge on any atom is -0.493 e. The van der Waals surface area contributed by atoms with Crippen molar-refractivity contribution in [2.45, 2.75) is 25.6 Å². The second-order valence-electron chi connectivity index (χ2n) is 4.34. The molecule has 1 aromatic rings. The molecule has 1 unspecified atom stereocenters. The number of nitrogens with zero attached hydrogens (tertiary/aromatic N) is 1. The van der Waals surface area contributed by atoms with Crippen molar-refractivity contribution in [2.24, 2.45) is 0 Å². The summed E-state index contributed by atoms with van der Waals surface area (Å²) in [5.74, 6) is 0.852. The molecule has 0 fully saturated rings. The van der Waals surface area contributed by atoms with Crippen LogP contribution in [-0.2, 0) is 4.79 Å². The van der Waals surface area contributed by atoms with Crippen molar-refractivity contribution in [3.63, 3.8) is 0 Å². The Hall–Kier alpha value is -1.22. The summed E-state index contributed by atoms with van der Waals surface area (Å²) in [5.41, 5.74) is 1.12. The predicted octanol–water partition coefficient (Wildman–Crippen LogP) is 2.85. The fourth-order valence-electron chi connectivity index (χ4n) is 1.62. The first kappa shape index (κ1) is 14.8. The van der Waals surface area contributed by atoms with Gasteiger partial charge < -0.3 is 9.64 Å². The number of alkyl halides is 1. The minimum absolute atomic E-state index is 0.0486. The summed E-state index contributed by atoms with van der Waals surface area (Å²) in [6.45, 7) is 4.95. The lowest BCUT2D eigenvalue weighted by Gasteiger charge is -2.18. The smallest absolute Gasteiger partial charge is 0.240 e. The van der Waals surface area contributed by atoms with Crippen LogP contribution < -0.4 is 4.74 Å². The fraction of sp³-hybridized carbons (Fsp3) is 0.500. The van der Waals surface area contributed by atoms with E-state index in [0.29, 0.717) is 13.2 Å². The van der Waals surface area contributed by atoms with Crippen LogP contribution in [0.3, 0.4) is 0 Å². The maximum Gasteiger partial charge on any atom is 0.240 e. The van der Waals surface area contributed by atoms with E-state index in [0.717, 1.165) is 17.7 Å². The number of hydrogen-bond donors (Lipinski definition) is 0. The van der Waals surface area contributed by atoms with E-state index in [1.807, 2.05) is 31.2 Å². The molecule has 4 heteroatoms. The van der Waals surface area contributed by atoms with Crippen LogP contribution in [0.15, 0.2) is 24.3 Å². The summed E-state index contributed by atoms with van der Waals surface area (Å²) < 4.78 is 5.66. The molecule has 1 amide bonds. The lowest BCUT2D eigenvalue weighted by atomic mass is 10.2. The molecule has 0 N–H and O–H groups in total. The number of rotatable bonds is 6. The highest BCUT2D eigenvalue weighted by atomic mass is 35.5. The maximum atomic E-state index is 11.5.